The van der Waals surface area contributed by atoms with Gasteiger partial charge in [-0.3, -0.25) is 14.2 Å². The maximum atomic E-state index is 12.5. The average Bonchev–Trinajstić information content (AvgIpc) is 2.62. The van der Waals surface area contributed by atoms with E-state index in [9.17, 15) is 14.4 Å². The summed E-state index contributed by atoms with van der Waals surface area (Å²) in [5, 5.41) is 4.01. The first-order valence-corrected chi connectivity index (χ1v) is 8.10. The Morgan fingerprint density at radius 2 is 1.76 bits per heavy atom. The van der Waals surface area contributed by atoms with Gasteiger partial charge in [-0.2, -0.15) is 4.57 Å². The van der Waals surface area contributed by atoms with Gasteiger partial charge in [-0.1, -0.05) is 23.7 Å². The molecule has 0 atom stereocenters. The Kier molecular flexibility index (Phi) is 4.72. The van der Waals surface area contributed by atoms with Crippen LogP contribution in [0.15, 0.2) is 58.1 Å². The molecule has 2 aromatic carbocycles. The van der Waals surface area contributed by atoms with E-state index >= 15 is 0 Å². The predicted molar refractivity (Wildman–Crippen MR) is 98.6 cm³/mol. The molecular formula is C18H16ClN3O3. The Hall–Kier alpha value is -2.86. The minimum Gasteiger partial charge on any atom is -0.385 e. The molecule has 1 N–H and O–H groups in total. The Morgan fingerprint density at radius 1 is 1.08 bits per heavy atom. The number of anilines is 1. The van der Waals surface area contributed by atoms with Gasteiger partial charge in [-0.15, -0.1) is 0 Å². The Balaban J connectivity index is 1.84. The van der Waals surface area contributed by atoms with Gasteiger partial charge in [0.25, 0.3) is 5.56 Å². The van der Waals surface area contributed by atoms with Crippen molar-refractivity contribution in [3.05, 3.63) is 74.4 Å². The van der Waals surface area contributed by atoms with E-state index in [1.165, 1.54) is 4.57 Å². The van der Waals surface area contributed by atoms with E-state index in [1.807, 2.05) is 0 Å². The summed E-state index contributed by atoms with van der Waals surface area (Å²) in [6, 6.07) is 13.8. The van der Waals surface area contributed by atoms with Crippen LogP contribution in [0.2, 0.25) is 5.02 Å². The van der Waals surface area contributed by atoms with Crippen molar-refractivity contribution in [2.75, 3.05) is 11.9 Å². The summed E-state index contributed by atoms with van der Waals surface area (Å²) >= 11 is 5.82. The lowest BCUT2D eigenvalue weighted by atomic mass is 10.2. The lowest BCUT2D eigenvalue weighted by Gasteiger charge is -2.10. The Labute approximate surface area is 148 Å². The maximum absolute atomic E-state index is 12.5. The third-order valence-electron chi connectivity index (χ3n) is 3.94. The van der Waals surface area contributed by atoms with E-state index in [2.05, 4.69) is 5.32 Å². The van der Waals surface area contributed by atoms with E-state index in [1.54, 1.807) is 55.6 Å². The van der Waals surface area contributed by atoms with Gasteiger partial charge < -0.3 is 5.32 Å². The second-order valence-electron chi connectivity index (χ2n) is 5.58. The van der Waals surface area contributed by atoms with Gasteiger partial charge >= 0.3 is 5.69 Å². The fourth-order valence-corrected chi connectivity index (χ4v) is 2.75. The topological polar surface area (TPSA) is 73.1 Å². The summed E-state index contributed by atoms with van der Waals surface area (Å²) in [6.07, 6.45) is 0.0100. The predicted octanol–water partition coefficient (Wildman–Crippen LogP) is 2.50. The SMILES string of the molecule is Cn1c(=O)n(C(=O)CCNc2ccc(Cl)cc2)c(=O)c2ccccc21. The quantitative estimate of drug-likeness (QED) is 0.778. The fourth-order valence-electron chi connectivity index (χ4n) is 2.62. The number of para-hydroxylation sites is 1. The number of halogens is 1. The van der Waals surface area contributed by atoms with Crippen LogP contribution in [-0.2, 0) is 7.05 Å². The molecule has 0 fully saturated rings. The molecule has 1 aromatic heterocycles. The fraction of sp³-hybridized carbons (Fsp3) is 0.167. The van der Waals surface area contributed by atoms with Crippen molar-refractivity contribution < 1.29 is 4.79 Å². The lowest BCUT2D eigenvalue weighted by Crippen LogP contribution is -2.43. The van der Waals surface area contributed by atoms with Crippen molar-refractivity contribution in [1.82, 2.24) is 9.13 Å². The van der Waals surface area contributed by atoms with Crippen LogP contribution in [0.3, 0.4) is 0 Å². The summed E-state index contributed by atoms with van der Waals surface area (Å²) in [5.41, 5.74) is 0.0761. The zero-order valence-corrected chi connectivity index (χ0v) is 14.3. The number of aromatic nitrogens is 2. The average molecular weight is 358 g/mol. The van der Waals surface area contributed by atoms with Crippen molar-refractivity contribution in [1.29, 1.82) is 0 Å². The van der Waals surface area contributed by atoms with Gasteiger partial charge in [0.1, 0.15) is 0 Å². The first-order valence-electron chi connectivity index (χ1n) is 7.72. The van der Waals surface area contributed by atoms with Crippen LogP contribution in [0.5, 0.6) is 0 Å². The van der Waals surface area contributed by atoms with E-state index < -0.39 is 17.2 Å². The van der Waals surface area contributed by atoms with Crippen LogP contribution < -0.4 is 16.6 Å². The van der Waals surface area contributed by atoms with Crippen molar-refractivity contribution in [3.8, 4) is 0 Å². The largest absolute Gasteiger partial charge is 0.385 e. The molecule has 0 aliphatic carbocycles. The molecule has 3 rings (SSSR count). The first-order chi connectivity index (χ1) is 12.0. The maximum Gasteiger partial charge on any atom is 0.338 e. The zero-order chi connectivity index (χ0) is 18.0. The minimum atomic E-state index is -0.639. The molecule has 0 bridgehead atoms. The summed E-state index contributed by atoms with van der Waals surface area (Å²) in [5.74, 6) is -0.544. The highest BCUT2D eigenvalue weighted by molar-refractivity contribution is 6.30. The Bertz CT molecular complexity index is 1050. The van der Waals surface area contributed by atoms with E-state index in [0.29, 0.717) is 27.0 Å². The van der Waals surface area contributed by atoms with Crippen LogP contribution >= 0.6 is 11.6 Å². The number of rotatable bonds is 4. The van der Waals surface area contributed by atoms with E-state index in [4.69, 9.17) is 11.6 Å². The van der Waals surface area contributed by atoms with Gasteiger partial charge in [0, 0.05) is 30.7 Å². The number of aryl methyl sites for hydroxylation is 1. The molecule has 0 radical (unpaired) electrons. The second kappa shape index (κ2) is 6.94. The highest BCUT2D eigenvalue weighted by Crippen LogP contribution is 2.13. The molecule has 0 unspecified atom stereocenters. The van der Waals surface area contributed by atoms with E-state index in [0.717, 1.165) is 5.69 Å². The summed E-state index contributed by atoms with van der Waals surface area (Å²) < 4.78 is 2.01. The third-order valence-corrected chi connectivity index (χ3v) is 4.19. The minimum absolute atomic E-state index is 0.0100. The van der Waals surface area contributed by atoms with Crippen molar-refractivity contribution in [3.63, 3.8) is 0 Å². The molecule has 0 spiro atoms. The summed E-state index contributed by atoms with van der Waals surface area (Å²) in [4.78, 5) is 37.3. The molecule has 0 aliphatic rings. The van der Waals surface area contributed by atoms with Gasteiger partial charge in [0.05, 0.1) is 10.9 Å². The van der Waals surface area contributed by atoms with Crippen molar-refractivity contribution in [2.45, 2.75) is 6.42 Å². The monoisotopic (exact) mass is 357 g/mol. The van der Waals surface area contributed by atoms with E-state index in [-0.39, 0.29) is 6.42 Å². The van der Waals surface area contributed by atoms with Gasteiger partial charge in [0.2, 0.25) is 5.91 Å². The molecule has 0 aliphatic heterocycles. The molecule has 0 saturated heterocycles. The van der Waals surface area contributed by atoms with Crippen LogP contribution in [0.4, 0.5) is 5.69 Å². The number of carbonyl (C=O) groups excluding carboxylic acids is 1. The smallest absolute Gasteiger partial charge is 0.338 e. The summed E-state index contributed by atoms with van der Waals surface area (Å²) in [7, 11) is 1.54. The van der Waals surface area contributed by atoms with Crippen LogP contribution in [0.25, 0.3) is 10.9 Å². The molecule has 6 nitrogen and oxygen atoms in total. The lowest BCUT2D eigenvalue weighted by molar-refractivity contribution is 0.0896. The zero-order valence-electron chi connectivity index (χ0n) is 13.5. The van der Waals surface area contributed by atoms with Gasteiger partial charge in [0.15, 0.2) is 0 Å². The second-order valence-corrected chi connectivity index (χ2v) is 6.01. The molecule has 0 saturated carbocycles. The highest BCUT2D eigenvalue weighted by atomic mass is 35.5. The number of nitrogens with one attached hydrogen (secondary N) is 1. The molecule has 128 valence electrons. The third kappa shape index (κ3) is 3.34. The van der Waals surface area contributed by atoms with Crippen LogP contribution in [0.1, 0.15) is 11.2 Å². The number of fused-ring (bicyclic) bond motifs is 1. The van der Waals surface area contributed by atoms with Crippen molar-refractivity contribution >= 4 is 34.1 Å². The van der Waals surface area contributed by atoms with Crippen LogP contribution in [0, 0.1) is 0 Å². The van der Waals surface area contributed by atoms with Gasteiger partial charge in [-0.25, -0.2) is 4.79 Å². The van der Waals surface area contributed by atoms with Crippen molar-refractivity contribution in [2.24, 2.45) is 7.05 Å². The number of nitrogens with zero attached hydrogens (tertiary/aromatic N) is 2. The molecule has 25 heavy (non-hydrogen) atoms. The standard InChI is InChI=1S/C18H16ClN3O3/c1-21-15-5-3-2-4-14(15)17(24)22(18(21)25)16(23)10-11-20-13-8-6-12(19)7-9-13/h2-9,20H,10-11H2,1H3. The Morgan fingerprint density at radius 3 is 2.48 bits per heavy atom. The molecule has 3 aromatic rings. The molecule has 0 amide bonds. The molecule has 1 heterocycles. The number of hydrogen-bond donors (Lipinski definition) is 1. The highest BCUT2D eigenvalue weighted by Gasteiger charge is 2.16. The molecule has 7 heteroatoms. The molecular weight excluding hydrogens is 342 g/mol. The number of benzene rings is 2. The number of carbonyl (C=O) groups is 1. The van der Waals surface area contributed by atoms with Crippen LogP contribution in [-0.4, -0.2) is 21.6 Å². The normalized spacial score (nSPS) is 10.8. The number of hydrogen-bond acceptors (Lipinski definition) is 4. The first kappa shape index (κ1) is 17.0. The van der Waals surface area contributed by atoms with Gasteiger partial charge in [-0.05, 0) is 36.4 Å². The summed E-state index contributed by atoms with van der Waals surface area (Å²) in [6.45, 7) is 0.295.